The number of halogens is 2. The van der Waals surface area contributed by atoms with E-state index in [0.29, 0.717) is 12.8 Å². The Morgan fingerprint density at radius 2 is 2.08 bits per heavy atom. The Balaban J connectivity index is 2.43. The zero-order valence-electron chi connectivity index (χ0n) is 6.67. The number of hydrogen-bond acceptors (Lipinski definition) is 2. The van der Waals surface area contributed by atoms with Gasteiger partial charge in [0.2, 0.25) is 9.05 Å². The minimum absolute atomic E-state index is 0.0729. The van der Waals surface area contributed by atoms with Crippen LogP contribution >= 0.6 is 10.7 Å². The van der Waals surface area contributed by atoms with Crippen LogP contribution in [-0.2, 0) is 9.05 Å². The maximum Gasteiger partial charge on any atom is 0.232 e. The highest BCUT2D eigenvalue weighted by Gasteiger charge is 2.24. The summed E-state index contributed by atoms with van der Waals surface area (Å²) >= 11 is 0. The van der Waals surface area contributed by atoms with Gasteiger partial charge in [0.15, 0.2) is 0 Å². The third-order valence-corrected chi connectivity index (χ3v) is 3.40. The monoisotopic (exact) mass is 214 g/mol. The molecule has 0 bridgehead atoms. The first-order valence-electron chi connectivity index (χ1n) is 4.04. The first-order valence-corrected chi connectivity index (χ1v) is 6.51. The molecule has 0 saturated heterocycles. The molecule has 0 spiro atoms. The smallest absolute Gasteiger partial charge is 0.232 e. The number of rotatable bonds is 2. The van der Waals surface area contributed by atoms with Gasteiger partial charge in [0.05, 0.1) is 5.75 Å². The van der Waals surface area contributed by atoms with Crippen LogP contribution in [0.15, 0.2) is 0 Å². The van der Waals surface area contributed by atoms with Crippen molar-refractivity contribution in [3.63, 3.8) is 0 Å². The topological polar surface area (TPSA) is 34.1 Å². The molecule has 12 heavy (non-hydrogen) atoms. The highest BCUT2D eigenvalue weighted by atomic mass is 35.7. The number of hydrogen-bond donors (Lipinski definition) is 0. The van der Waals surface area contributed by atoms with Gasteiger partial charge in [0, 0.05) is 10.7 Å². The first kappa shape index (κ1) is 10.3. The zero-order valence-corrected chi connectivity index (χ0v) is 8.24. The Hall–Kier alpha value is 0.170. The maximum atomic E-state index is 12.8. The highest BCUT2D eigenvalue weighted by Crippen LogP contribution is 2.27. The molecule has 2 atom stereocenters. The third-order valence-electron chi connectivity index (χ3n) is 2.15. The Morgan fingerprint density at radius 1 is 1.42 bits per heavy atom. The van der Waals surface area contributed by atoms with E-state index in [1.54, 1.807) is 0 Å². The summed E-state index contributed by atoms with van der Waals surface area (Å²) in [6.07, 6.45) is 1.65. The quantitative estimate of drug-likeness (QED) is 0.660. The van der Waals surface area contributed by atoms with E-state index in [0.717, 1.165) is 12.8 Å². The van der Waals surface area contributed by atoms with Crippen molar-refractivity contribution < 1.29 is 12.8 Å². The van der Waals surface area contributed by atoms with Crippen molar-refractivity contribution in [1.82, 2.24) is 0 Å². The van der Waals surface area contributed by atoms with Crippen molar-refractivity contribution in [2.24, 2.45) is 5.92 Å². The largest absolute Gasteiger partial charge is 0.247 e. The molecule has 1 fully saturated rings. The van der Waals surface area contributed by atoms with E-state index < -0.39 is 15.2 Å². The second-order valence-corrected chi connectivity index (χ2v) is 6.16. The molecule has 0 amide bonds. The molecule has 72 valence electrons. The van der Waals surface area contributed by atoms with Gasteiger partial charge in [0.25, 0.3) is 0 Å². The lowest BCUT2D eigenvalue weighted by molar-refractivity contribution is 0.209. The van der Waals surface area contributed by atoms with Crippen molar-refractivity contribution >= 4 is 19.7 Å². The molecule has 0 unspecified atom stereocenters. The van der Waals surface area contributed by atoms with Crippen LogP contribution in [0.3, 0.4) is 0 Å². The van der Waals surface area contributed by atoms with Gasteiger partial charge < -0.3 is 0 Å². The summed E-state index contributed by atoms with van der Waals surface area (Å²) in [6.45, 7) is 0. The average Bonchev–Trinajstić information content (AvgIpc) is 1.82. The summed E-state index contributed by atoms with van der Waals surface area (Å²) in [5, 5.41) is 0. The predicted molar refractivity (Wildman–Crippen MR) is 46.5 cm³/mol. The molecule has 1 aliphatic carbocycles. The van der Waals surface area contributed by atoms with Crippen molar-refractivity contribution in [1.29, 1.82) is 0 Å². The maximum absolute atomic E-state index is 12.8. The van der Waals surface area contributed by atoms with Crippen molar-refractivity contribution in [3.05, 3.63) is 0 Å². The first-order chi connectivity index (χ1) is 5.47. The molecular formula is C7H12ClFO2S. The van der Waals surface area contributed by atoms with Gasteiger partial charge in [-0.05, 0) is 25.2 Å². The normalized spacial score (nSPS) is 31.8. The Morgan fingerprint density at radius 3 is 2.58 bits per heavy atom. The second kappa shape index (κ2) is 3.92. The summed E-state index contributed by atoms with van der Waals surface area (Å²) in [4.78, 5) is 0. The van der Waals surface area contributed by atoms with Gasteiger partial charge in [-0.25, -0.2) is 12.8 Å². The van der Waals surface area contributed by atoms with E-state index in [2.05, 4.69) is 0 Å². The fourth-order valence-corrected chi connectivity index (χ4v) is 3.06. The van der Waals surface area contributed by atoms with Crippen molar-refractivity contribution in [2.45, 2.75) is 31.9 Å². The van der Waals surface area contributed by atoms with Crippen molar-refractivity contribution in [3.8, 4) is 0 Å². The number of alkyl halides is 1. The SMILES string of the molecule is O=S(=O)(Cl)C[C@H]1CCC[C@H](F)C1. The predicted octanol–water partition coefficient (Wildman–Crippen LogP) is 2.08. The van der Waals surface area contributed by atoms with Crippen molar-refractivity contribution in [2.75, 3.05) is 5.75 Å². The van der Waals surface area contributed by atoms with Crippen LogP contribution in [0.1, 0.15) is 25.7 Å². The van der Waals surface area contributed by atoms with Gasteiger partial charge in [-0.3, -0.25) is 0 Å². The Bertz CT molecular complexity index is 240. The van der Waals surface area contributed by atoms with E-state index in [4.69, 9.17) is 10.7 Å². The lowest BCUT2D eigenvalue weighted by atomic mass is 9.89. The molecule has 0 heterocycles. The molecule has 0 radical (unpaired) electrons. The average molecular weight is 215 g/mol. The van der Waals surface area contributed by atoms with Gasteiger partial charge in [-0.2, -0.15) is 0 Å². The van der Waals surface area contributed by atoms with Crippen LogP contribution < -0.4 is 0 Å². The minimum atomic E-state index is -3.44. The summed E-state index contributed by atoms with van der Waals surface area (Å²) in [5.41, 5.74) is 0. The summed E-state index contributed by atoms with van der Waals surface area (Å²) in [6, 6.07) is 0. The standard InChI is InChI=1S/C7H12ClFO2S/c8-12(10,11)5-6-2-1-3-7(9)4-6/h6-7H,1-5H2/t6-,7-/m0/s1. The van der Waals surface area contributed by atoms with E-state index in [1.807, 2.05) is 0 Å². The van der Waals surface area contributed by atoms with Crippen LogP contribution in [0.5, 0.6) is 0 Å². The van der Waals surface area contributed by atoms with Crippen LogP contribution in [0.25, 0.3) is 0 Å². The van der Waals surface area contributed by atoms with Gasteiger partial charge in [-0.15, -0.1) is 0 Å². The van der Waals surface area contributed by atoms with Gasteiger partial charge >= 0.3 is 0 Å². The summed E-state index contributed by atoms with van der Waals surface area (Å²) < 4.78 is 34.1. The zero-order chi connectivity index (χ0) is 9.19. The fourth-order valence-electron chi connectivity index (χ4n) is 1.66. The fraction of sp³-hybridized carbons (Fsp3) is 1.00. The molecule has 1 rings (SSSR count). The van der Waals surface area contributed by atoms with E-state index in [-0.39, 0.29) is 11.7 Å². The van der Waals surface area contributed by atoms with Crippen LogP contribution in [-0.4, -0.2) is 20.3 Å². The van der Waals surface area contributed by atoms with Crippen LogP contribution in [0.4, 0.5) is 4.39 Å². The summed E-state index contributed by atoms with van der Waals surface area (Å²) in [5.74, 6) is -0.147. The molecular weight excluding hydrogens is 203 g/mol. The molecule has 0 N–H and O–H groups in total. The van der Waals surface area contributed by atoms with E-state index in [1.165, 1.54) is 0 Å². The Kier molecular flexibility index (Phi) is 3.35. The molecule has 0 aromatic heterocycles. The highest BCUT2D eigenvalue weighted by molar-refractivity contribution is 8.13. The lowest BCUT2D eigenvalue weighted by Crippen LogP contribution is -2.21. The third kappa shape index (κ3) is 3.72. The van der Waals surface area contributed by atoms with Crippen LogP contribution in [0, 0.1) is 5.92 Å². The molecule has 2 nitrogen and oxygen atoms in total. The molecule has 1 aliphatic rings. The van der Waals surface area contributed by atoms with Crippen LogP contribution in [0.2, 0.25) is 0 Å². The van der Waals surface area contributed by atoms with E-state index in [9.17, 15) is 12.8 Å². The molecule has 0 aromatic rings. The van der Waals surface area contributed by atoms with E-state index >= 15 is 0 Å². The van der Waals surface area contributed by atoms with Gasteiger partial charge in [0.1, 0.15) is 6.17 Å². The molecule has 1 saturated carbocycles. The minimum Gasteiger partial charge on any atom is -0.247 e. The molecule has 0 aliphatic heterocycles. The molecule has 0 aromatic carbocycles. The molecule has 5 heteroatoms. The Labute approximate surface area is 76.5 Å². The lowest BCUT2D eigenvalue weighted by Gasteiger charge is -2.22. The van der Waals surface area contributed by atoms with Gasteiger partial charge in [-0.1, -0.05) is 6.42 Å². The second-order valence-electron chi connectivity index (χ2n) is 3.34. The summed E-state index contributed by atoms with van der Waals surface area (Å²) in [7, 11) is 1.62.